The Bertz CT molecular complexity index is 350. The Morgan fingerprint density at radius 2 is 2.14 bits per heavy atom. The van der Waals surface area contributed by atoms with E-state index in [0.717, 1.165) is 18.3 Å². The second-order valence-corrected chi connectivity index (χ2v) is 2.86. The Labute approximate surface area is 83.1 Å². The van der Waals surface area contributed by atoms with Crippen LogP contribution in [0, 0.1) is 0 Å². The molecule has 1 heterocycles. The largest absolute Gasteiger partial charge is 0.416 e. The van der Waals surface area contributed by atoms with Crippen molar-refractivity contribution in [1.29, 1.82) is 0 Å². The highest BCUT2D eigenvalue weighted by molar-refractivity contribution is 7.80. The summed E-state index contributed by atoms with van der Waals surface area (Å²) in [6.45, 7) is 0. The average Bonchev–Trinajstić information content (AvgIpc) is 2.01. The molecule has 0 radical (unpaired) electrons. The molecule has 1 aromatic rings. The van der Waals surface area contributed by atoms with Gasteiger partial charge in [-0.3, -0.25) is 0 Å². The number of aromatic nitrogens is 1. The molecule has 0 aliphatic carbocycles. The van der Waals surface area contributed by atoms with Gasteiger partial charge in [0, 0.05) is 6.20 Å². The fourth-order valence-electron chi connectivity index (χ4n) is 0.801. The molecule has 1 rings (SSSR count). The molecule has 0 fully saturated rings. The first-order valence-electron chi connectivity index (χ1n) is 3.49. The van der Waals surface area contributed by atoms with Gasteiger partial charge in [0.25, 0.3) is 0 Å². The highest BCUT2D eigenvalue weighted by Crippen LogP contribution is 2.29. The van der Waals surface area contributed by atoms with Crippen molar-refractivity contribution in [2.24, 2.45) is 5.73 Å². The monoisotopic (exact) mass is 221 g/mol. The molecule has 7 heteroatoms. The summed E-state index contributed by atoms with van der Waals surface area (Å²) in [5.74, 6) is -0.0210. The second-order valence-electron chi connectivity index (χ2n) is 2.42. The molecular formula is C7H6F3N3S. The number of hydrogen-bond acceptors (Lipinski definition) is 2. The molecule has 0 aliphatic rings. The minimum atomic E-state index is -4.39. The number of nitrogens with one attached hydrogen (secondary N) is 1. The van der Waals surface area contributed by atoms with Crippen LogP contribution >= 0.6 is 12.2 Å². The minimum absolute atomic E-state index is 0.0210. The molecule has 0 saturated heterocycles. The predicted octanol–water partition coefficient (Wildman–Crippen LogP) is 1.76. The number of thiocarbonyl (C=S) groups is 1. The highest BCUT2D eigenvalue weighted by atomic mass is 32.1. The van der Waals surface area contributed by atoms with Crippen LogP contribution in [-0.4, -0.2) is 10.1 Å². The van der Waals surface area contributed by atoms with Gasteiger partial charge in [-0.1, -0.05) is 0 Å². The Morgan fingerprint density at radius 3 is 2.64 bits per heavy atom. The van der Waals surface area contributed by atoms with E-state index in [0.29, 0.717) is 0 Å². The van der Waals surface area contributed by atoms with Crippen molar-refractivity contribution in [2.45, 2.75) is 6.18 Å². The lowest BCUT2D eigenvalue weighted by molar-refractivity contribution is -0.137. The number of pyridine rings is 1. The zero-order valence-electron chi connectivity index (χ0n) is 6.80. The summed E-state index contributed by atoms with van der Waals surface area (Å²) in [6.07, 6.45) is -3.36. The highest BCUT2D eigenvalue weighted by Gasteiger charge is 2.30. The molecule has 0 amide bonds. The van der Waals surface area contributed by atoms with E-state index in [2.05, 4.69) is 22.5 Å². The van der Waals surface area contributed by atoms with Gasteiger partial charge in [-0.2, -0.15) is 13.2 Å². The maximum absolute atomic E-state index is 12.2. The maximum Gasteiger partial charge on any atom is 0.416 e. The number of alkyl halides is 3. The first-order chi connectivity index (χ1) is 6.39. The van der Waals surface area contributed by atoms with Gasteiger partial charge < -0.3 is 11.1 Å². The minimum Gasteiger partial charge on any atom is -0.376 e. The van der Waals surface area contributed by atoms with Crippen LogP contribution in [0.4, 0.5) is 19.0 Å². The first kappa shape index (κ1) is 10.7. The van der Waals surface area contributed by atoms with Crippen molar-refractivity contribution in [1.82, 2.24) is 4.98 Å². The molecule has 0 saturated carbocycles. The van der Waals surface area contributed by atoms with Crippen LogP contribution in [0.15, 0.2) is 18.3 Å². The van der Waals surface area contributed by atoms with Crippen molar-refractivity contribution in [2.75, 3.05) is 5.32 Å². The summed E-state index contributed by atoms with van der Waals surface area (Å²) in [4.78, 5) is 3.61. The van der Waals surface area contributed by atoms with Crippen LogP contribution in [0.2, 0.25) is 0 Å². The van der Waals surface area contributed by atoms with Crippen LogP contribution < -0.4 is 11.1 Å². The van der Waals surface area contributed by atoms with Crippen LogP contribution in [0.5, 0.6) is 0 Å². The number of halogens is 3. The van der Waals surface area contributed by atoms with Gasteiger partial charge in [0.05, 0.1) is 5.56 Å². The zero-order valence-corrected chi connectivity index (χ0v) is 7.62. The number of nitrogens with zero attached hydrogens (tertiary/aromatic N) is 1. The maximum atomic E-state index is 12.2. The number of anilines is 1. The third-order valence-corrected chi connectivity index (χ3v) is 1.44. The lowest BCUT2D eigenvalue weighted by Crippen LogP contribution is -2.20. The van der Waals surface area contributed by atoms with Crippen molar-refractivity contribution >= 4 is 23.1 Å². The summed E-state index contributed by atoms with van der Waals surface area (Å²) >= 11 is 4.46. The van der Waals surface area contributed by atoms with Gasteiger partial charge >= 0.3 is 6.18 Å². The van der Waals surface area contributed by atoms with Gasteiger partial charge in [-0.25, -0.2) is 4.98 Å². The molecule has 0 bridgehead atoms. The van der Waals surface area contributed by atoms with Gasteiger partial charge in [-0.15, -0.1) is 0 Å². The fraction of sp³-hybridized carbons (Fsp3) is 0.143. The van der Waals surface area contributed by atoms with E-state index < -0.39 is 11.7 Å². The van der Waals surface area contributed by atoms with E-state index in [1.165, 1.54) is 0 Å². The third-order valence-electron chi connectivity index (χ3n) is 1.34. The lowest BCUT2D eigenvalue weighted by atomic mass is 10.2. The summed E-state index contributed by atoms with van der Waals surface area (Å²) in [6, 6.07) is 1.70. The average molecular weight is 221 g/mol. The zero-order chi connectivity index (χ0) is 10.8. The Morgan fingerprint density at radius 1 is 1.50 bits per heavy atom. The second kappa shape index (κ2) is 3.79. The number of nitrogens with two attached hydrogens (primary N) is 1. The van der Waals surface area contributed by atoms with Crippen LogP contribution in [0.3, 0.4) is 0 Å². The molecule has 14 heavy (non-hydrogen) atoms. The van der Waals surface area contributed by atoms with Gasteiger partial charge in [0.2, 0.25) is 0 Å². The summed E-state index contributed by atoms with van der Waals surface area (Å²) < 4.78 is 36.6. The van der Waals surface area contributed by atoms with E-state index in [1.807, 2.05) is 0 Å². The molecule has 76 valence electrons. The quantitative estimate of drug-likeness (QED) is 0.709. The van der Waals surface area contributed by atoms with Crippen LogP contribution in [0.25, 0.3) is 0 Å². The van der Waals surface area contributed by atoms with E-state index in [4.69, 9.17) is 5.73 Å². The lowest BCUT2D eigenvalue weighted by Gasteiger charge is -2.08. The van der Waals surface area contributed by atoms with Crippen molar-refractivity contribution in [3.05, 3.63) is 23.9 Å². The third kappa shape index (κ3) is 2.84. The van der Waals surface area contributed by atoms with Crippen molar-refractivity contribution < 1.29 is 13.2 Å². The normalized spacial score (nSPS) is 11.1. The molecule has 0 atom stereocenters. The van der Waals surface area contributed by atoms with E-state index in [1.54, 1.807) is 0 Å². The van der Waals surface area contributed by atoms with Crippen LogP contribution in [-0.2, 0) is 6.18 Å². The smallest absolute Gasteiger partial charge is 0.376 e. The van der Waals surface area contributed by atoms with Gasteiger partial charge in [0.1, 0.15) is 5.82 Å². The van der Waals surface area contributed by atoms with Gasteiger partial charge in [0.15, 0.2) is 5.11 Å². The summed E-state index contributed by atoms with van der Waals surface area (Å²) in [7, 11) is 0. The predicted molar refractivity (Wildman–Crippen MR) is 49.6 cm³/mol. The number of hydrogen-bond donors (Lipinski definition) is 2. The Kier molecular flexibility index (Phi) is 2.90. The topological polar surface area (TPSA) is 50.9 Å². The van der Waals surface area contributed by atoms with Crippen molar-refractivity contribution in [3.8, 4) is 0 Å². The first-order valence-corrected chi connectivity index (χ1v) is 3.90. The standard InChI is InChI=1S/C7H6F3N3S/c8-7(9,10)4-1-2-12-5(3-4)13-6(11)14/h1-3H,(H3,11,12,13,14). The van der Waals surface area contributed by atoms with Crippen LogP contribution in [0.1, 0.15) is 5.56 Å². The molecule has 3 nitrogen and oxygen atoms in total. The fourth-order valence-corrected chi connectivity index (χ4v) is 0.906. The van der Waals surface area contributed by atoms with E-state index in [9.17, 15) is 13.2 Å². The van der Waals surface area contributed by atoms with E-state index >= 15 is 0 Å². The molecule has 0 unspecified atom stereocenters. The molecule has 0 aromatic carbocycles. The van der Waals surface area contributed by atoms with E-state index in [-0.39, 0.29) is 10.9 Å². The Hall–Kier alpha value is -1.37. The van der Waals surface area contributed by atoms with Crippen molar-refractivity contribution in [3.63, 3.8) is 0 Å². The Balaban J connectivity index is 2.95. The SMILES string of the molecule is NC(=S)Nc1cc(C(F)(F)F)ccn1. The molecule has 1 aromatic heterocycles. The summed E-state index contributed by atoms with van der Waals surface area (Å²) in [5.41, 5.74) is 4.28. The molecule has 0 spiro atoms. The molecule has 3 N–H and O–H groups in total. The number of rotatable bonds is 1. The molecule has 0 aliphatic heterocycles. The molecular weight excluding hydrogens is 215 g/mol. The summed E-state index contributed by atoms with van der Waals surface area (Å²) in [5, 5.41) is 2.19. The van der Waals surface area contributed by atoms with Gasteiger partial charge in [-0.05, 0) is 24.4 Å².